The average Bonchev–Trinajstić information content (AvgIpc) is 3.36. The molecule has 0 N–H and O–H groups in total. The quantitative estimate of drug-likeness (QED) is 0.402. The van der Waals surface area contributed by atoms with Gasteiger partial charge < -0.3 is 4.74 Å². The lowest BCUT2D eigenvalue weighted by atomic mass is 9.98. The molecule has 1 aliphatic heterocycles. The fourth-order valence-electron chi connectivity index (χ4n) is 4.12. The summed E-state index contributed by atoms with van der Waals surface area (Å²) in [5, 5.41) is 18.8. The van der Waals surface area contributed by atoms with Crippen LogP contribution in [0.25, 0.3) is 16.3 Å². The van der Waals surface area contributed by atoms with Crippen molar-refractivity contribution < 1.29 is 9.53 Å². The van der Waals surface area contributed by atoms with Crippen LogP contribution in [0.1, 0.15) is 51.4 Å². The van der Waals surface area contributed by atoms with Crippen molar-refractivity contribution >= 4 is 23.0 Å². The van der Waals surface area contributed by atoms with Gasteiger partial charge in [0.2, 0.25) is 0 Å². The maximum absolute atomic E-state index is 12.3. The van der Waals surface area contributed by atoms with E-state index in [9.17, 15) is 4.79 Å². The first-order valence-electron chi connectivity index (χ1n) is 10.9. The largest absolute Gasteiger partial charge is 0.469 e. The van der Waals surface area contributed by atoms with Gasteiger partial charge in [0.25, 0.3) is 0 Å². The van der Waals surface area contributed by atoms with Crippen LogP contribution in [0.15, 0.2) is 41.7 Å². The number of hydrogen-bond acceptors (Lipinski definition) is 9. The summed E-state index contributed by atoms with van der Waals surface area (Å²) < 4.78 is 6.94. The molecular formula is C25H21N7O2S. The molecule has 9 nitrogen and oxygen atoms in total. The van der Waals surface area contributed by atoms with Gasteiger partial charge in [0.15, 0.2) is 11.5 Å². The summed E-state index contributed by atoms with van der Waals surface area (Å²) in [4.78, 5) is 26.9. The number of aromatic nitrogens is 5. The van der Waals surface area contributed by atoms with Crippen LogP contribution in [0, 0.1) is 32.1 Å². The minimum atomic E-state index is -0.546. The molecule has 4 aromatic rings. The molecule has 5 rings (SSSR count). The monoisotopic (exact) mass is 483 g/mol. The number of benzene rings is 1. The highest BCUT2D eigenvalue weighted by Gasteiger charge is 2.32. The van der Waals surface area contributed by atoms with Crippen LogP contribution in [0.5, 0.6) is 0 Å². The number of aryl methyl sites for hydroxylation is 2. The van der Waals surface area contributed by atoms with Crippen LogP contribution in [-0.4, -0.2) is 43.5 Å². The topological polar surface area (TPSA) is 119 Å². The van der Waals surface area contributed by atoms with Gasteiger partial charge in [-0.05, 0) is 26.3 Å². The van der Waals surface area contributed by atoms with Crippen LogP contribution in [0.3, 0.4) is 0 Å². The highest BCUT2D eigenvalue weighted by molar-refractivity contribution is 7.15. The van der Waals surface area contributed by atoms with E-state index in [4.69, 9.17) is 15.0 Å². The van der Waals surface area contributed by atoms with E-state index in [0.29, 0.717) is 11.5 Å². The molecule has 0 amide bonds. The Kier molecular flexibility index (Phi) is 5.70. The van der Waals surface area contributed by atoms with Crippen LogP contribution >= 0.6 is 11.3 Å². The Bertz CT molecular complexity index is 1530. The van der Waals surface area contributed by atoms with E-state index in [-0.39, 0.29) is 18.1 Å². The molecule has 10 heteroatoms. The molecule has 0 aliphatic carbocycles. The van der Waals surface area contributed by atoms with E-state index >= 15 is 0 Å². The Balaban J connectivity index is 1.67. The zero-order chi connectivity index (χ0) is 24.7. The number of thiophene rings is 1. The lowest BCUT2D eigenvalue weighted by Crippen LogP contribution is -2.12. The van der Waals surface area contributed by atoms with Gasteiger partial charge in [-0.1, -0.05) is 24.3 Å². The number of rotatable bonds is 4. The van der Waals surface area contributed by atoms with Crippen molar-refractivity contribution in [3.05, 3.63) is 75.6 Å². The maximum atomic E-state index is 12.3. The van der Waals surface area contributed by atoms with Gasteiger partial charge in [-0.3, -0.25) is 19.3 Å². The Morgan fingerprint density at radius 3 is 2.60 bits per heavy atom. The Morgan fingerprint density at radius 1 is 1.14 bits per heavy atom. The number of methoxy groups -OCH3 is 1. The third kappa shape index (κ3) is 3.90. The fraction of sp³-hybridized carbons (Fsp3) is 0.240. The van der Waals surface area contributed by atoms with E-state index in [1.807, 2.05) is 41.8 Å². The molecule has 3 aromatic heterocycles. The maximum Gasteiger partial charge on any atom is 0.308 e. The molecular weight excluding hydrogens is 462 g/mol. The Labute approximate surface area is 205 Å². The number of nitriles is 1. The Morgan fingerprint density at radius 2 is 1.89 bits per heavy atom. The molecule has 0 saturated heterocycles. The number of carbonyl (C=O) groups is 1. The molecule has 35 heavy (non-hydrogen) atoms. The molecule has 0 bridgehead atoms. The summed E-state index contributed by atoms with van der Waals surface area (Å²) in [6.45, 7) is 6.06. The number of esters is 1. The number of ether oxygens (including phenoxy) is 1. The molecule has 1 aliphatic rings. The van der Waals surface area contributed by atoms with E-state index in [2.05, 4.69) is 34.0 Å². The summed E-state index contributed by atoms with van der Waals surface area (Å²) in [5.74, 6) is 0.987. The van der Waals surface area contributed by atoms with Crippen LogP contribution < -0.4 is 0 Å². The second-order valence-corrected chi connectivity index (χ2v) is 9.36. The van der Waals surface area contributed by atoms with Crippen molar-refractivity contribution in [3.8, 4) is 22.3 Å². The molecule has 1 atom stereocenters. The molecule has 0 fully saturated rings. The fourth-order valence-corrected chi connectivity index (χ4v) is 5.34. The minimum Gasteiger partial charge on any atom is -0.469 e. The highest BCUT2D eigenvalue weighted by atomic mass is 32.1. The van der Waals surface area contributed by atoms with Crippen molar-refractivity contribution in [3.63, 3.8) is 0 Å². The van der Waals surface area contributed by atoms with Gasteiger partial charge in [-0.25, -0.2) is 4.98 Å². The van der Waals surface area contributed by atoms with E-state index in [1.54, 1.807) is 17.5 Å². The molecule has 0 saturated carbocycles. The third-order valence-corrected chi connectivity index (χ3v) is 7.22. The van der Waals surface area contributed by atoms with Gasteiger partial charge in [-0.15, -0.1) is 21.5 Å². The van der Waals surface area contributed by atoms with E-state index in [1.165, 1.54) is 18.2 Å². The van der Waals surface area contributed by atoms with E-state index in [0.717, 1.165) is 38.8 Å². The molecule has 1 aromatic carbocycles. The predicted molar refractivity (Wildman–Crippen MR) is 131 cm³/mol. The SMILES string of the molecule is COC(=O)C[C@@H]1N=C(c2ccc(-c3cncc(C#N)n3)cc2)c2c(sc(C)c2C)-n2c(C)nnc21. The van der Waals surface area contributed by atoms with Crippen molar-refractivity contribution in [1.82, 2.24) is 24.7 Å². The minimum absolute atomic E-state index is 0.0553. The van der Waals surface area contributed by atoms with E-state index < -0.39 is 6.04 Å². The number of fused-ring (bicyclic) bond motifs is 3. The predicted octanol–water partition coefficient (Wildman–Crippen LogP) is 4.04. The summed E-state index contributed by atoms with van der Waals surface area (Å²) in [6.07, 6.45) is 3.12. The lowest BCUT2D eigenvalue weighted by Gasteiger charge is -2.12. The van der Waals surface area contributed by atoms with Crippen LogP contribution in [0.2, 0.25) is 0 Å². The summed E-state index contributed by atoms with van der Waals surface area (Å²) >= 11 is 1.66. The third-order valence-electron chi connectivity index (χ3n) is 6.03. The molecule has 0 radical (unpaired) electrons. The second kappa shape index (κ2) is 8.85. The van der Waals surface area contributed by atoms with Crippen LogP contribution in [0.4, 0.5) is 0 Å². The van der Waals surface area contributed by atoms with Gasteiger partial charge in [0.05, 0.1) is 37.3 Å². The first kappa shape index (κ1) is 22.6. The zero-order valence-corrected chi connectivity index (χ0v) is 20.4. The molecule has 0 spiro atoms. The Hall–Kier alpha value is -4.23. The van der Waals surface area contributed by atoms with Crippen molar-refractivity contribution in [2.24, 2.45) is 4.99 Å². The summed E-state index contributed by atoms with van der Waals surface area (Å²) in [7, 11) is 1.37. The normalized spacial score (nSPS) is 14.4. The number of hydrogen-bond donors (Lipinski definition) is 0. The molecule has 174 valence electrons. The van der Waals surface area contributed by atoms with Crippen molar-refractivity contribution in [2.75, 3.05) is 7.11 Å². The van der Waals surface area contributed by atoms with Crippen molar-refractivity contribution in [2.45, 2.75) is 33.2 Å². The highest BCUT2D eigenvalue weighted by Crippen LogP contribution is 2.39. The second-order valence-electron chi connectivity index (χ2n) is 8.16. The standard InChI is InChI=1S/C25H21N7O2S/c1-13-14(2)35-25-22(13)23(29-19(9-21(33)34-4)24-31-30-15(3)32(24)25)17-7-5-16(6-8-17)20-12-27-11-18(10-26)28-20/h5-8,11-12,19H,9H2,1-4H3/t19-/m0/s1. The number of nitrogens with zero attached hydrogens (tertiary/aromatic N) is 7. The molecule has 0 unspecified atom stereocenters. The average molecular weight is 484 g/mol. The van der Waals surface area contributed by atoms with Crippen molar-refractivity contribution in [1.29, 1.82) is 5.26 Å². The number of carbonyl (C=O) groups excluding carboxylic acids is 1. The first-order chi connectivity index (χ1) is 16.9. The van der Waals surface area contributed by atoms with Gasteiger partial charge >= 0.3 is 5.97 Å². The smallest absolute Gasteiger partial charge is 0.308 e. The number of aliphatic imine (C=N–C) groups is 1. The lowest BCUT2D eigenvalue weighted by molar-refractivity contribution is -0.141. The molecule has 4 heterocycles. The van der Waals surface area contributed by atoms with Gasteiger partial charge in [-0.2, -0.15) is 5.26 Å². The zero-order valence-electron chi connectivity index (χ0n) is 19.6. The van der Waals surface area contributed by atoms with Gasteiger partial charge in [0, 0.05) is 21.6 Å². The summed E-state index contributed by atoms with van der Waals surface area (Å²) in [5.41, 5.74) is 5.52. The summed E-state index contributed by atoms with van der Waals surface area (Å²) in [6, 6.07) is 9.28. The first-order valence-corrected chi connectivity index (χ1v) is 11.7. The van der Waals surface area contributed by atoms with Crippen LogP contribution in [-0.2, 0) is 9.53 Å². The van der Waals surface area contributed by atoms with Gasteiger partial charge in [0.1, 0.15) is 22.9 Å².